The lowest BCUT2D eigenvalue weighted by atomic mass is 10.1. The minimum atomic E-state index is -0.644. The molecule has 0 heterocycles. The minimum Gasteiger partial charge on any atom is -0.370 e. The fraction of sp³-hybridized carbons (Fsp3) is 0.273. The Morgan fingerprint density at radius 1 is 1.35 bits per heavy atom. The summed E-state index contributed by atoms with van der Waals surface area (Å²) in [6, 6.07) is 3.31. The van der Waals surface area contributed by atoms with Crippen LogP contribution in [-0.4, -0.2) is 11.9 Å². The van der Waals surface area contributed by atoms with Crippen LogP contribution in [0.1, 0.15) is 17.9 Å². The summed E-state index contributed by atoms with van der Waals surface area (Å²) < 4.78 is 26.1. The average Bonchev–Trinajstić information content (AvgIpc) is 2.96. The van der Waals surface area contributed by atoms with E-state index >= 15 is 0 Å². The summed E-state index contributed by atoms with van der Waals surface area (Å²) in [6.45, 7) is 0. The molecule has 0 saturated heterocycles. The van der Waals surface area contributed by atoms with Crippen LogP contribution in [-0.2, 0) is 4.79 Å². The molecule has 1 saturated carbocycles. The lowest BCUT2D eigenvalue weighted by Gasteiger charge is -2.01. The van der Waals surface area contributed by atoms with Crippen molar-refractivity contribution in [3.8, 4) is 0 Å². The van der Waals surface area contributed by atoms with Gasteiger partial charge in [0.2, 0.25) is 0 Å². The Balaban J connectivity index is 2.13. The van der Waals surface area contributed by atoms with Crippen LogP contribution in [0.3, 0.4) is 0 Å². The maximum absolute atomic E-state index is 13.4. The quantitative estimate of drug-likeness (QED) is 0.593. The lowest BCUT2D eigenvalue weighted by Crippen LogP contribution is -2.24. The van der Waals surface area contributed by atoms with Crippen molar-refractivity contribution in [3.63, 3.8) is 0 Å². The number of aliphatic imine (C=N–C) groups is 1. The molecule has 17 heavy (non-hydrogen) atoms. The van der Waals surface area contributed by atoms with Gasteiger partial charge in [0.15, 0.2) is 5.96 Å². The first kappa shape index (κ1) is 11.5. The second-order valence-electron chi connectivity index (χ2n) is 3.99. The highest BCUT2D eigenvalue weighted by atomic mass is 19.1. The number of carbonyl (C=O) groups is 1. The van der Waals surface area contributed by atoms with E-state index in [0.717, 1.165) is 6.07 Å². The number of guanidine groups is 1. The predicted octanol–water partition coefficient (Wildman–Crippen LogP) is 0.868. The largest absolute Gasteiger partial charge is 0.370 e. The van der Waals surface area contributed by atoms with Crippen LogP contribution in [0.2, 0.25) is 0 Å². The molecule has 0 aromatic heterocycles. The van der Waals surface area contributed by atoms with Gasteiger partial charge in [0.25, 0.3) is 5.91 Å². The standard InChI is InChI=1S/C11H11F2N3O/c12-5-1-2-6(9(13)3-5)7-4-8(7)10(17)16-11(14)15/h1-3,7-8H,4H2,(H4,14,15,16,17). The molecule has 2 atom stereocenters. The molecule has 0 aliphatic heterocycles. The Kier molecular flexibility index (Phi) is 2.79. The van der Waals surface area contributed by atoms with E-state index in [9.17, 15) is 13.6 Å². The molecule has 1 aromatic rings. The molecule has 1 fully saturated rings. The van der Waals surface area contributed by atoms with E-state index in [1.807, 2.05) is 0 Å². The molecule has 4 N–H and O–H groups in total. The van der Waals surface area contributed by atoms with Gasteiger partial charge in [-0.1, -0.05) is 6.07 Å². The average molecular weight is 239 g/mol. The fourth-order valence-electron chi connectivity index (χ4n) is 1.82. The molecular weight excluding hydrogens is 228 g/mol. The molecule has 1 aliphatic rings. The van der Waals surface area contributed by atoms with Gasteiger partial charge in [0, 0.05) is 12.0 Å². The van der Waals surface area contributed by atoms with Gasteiger partial charge in [-0.2, -0.15) is 4.99 Å². The number of hydrogen-bond acceptors (Lipinski definition) is 1. The number of rotatable bonds is 2. The topological polar surface area (TPSA) is 81.5 Å². The van der Waals surface area contributed by atoms with Gasteiger partial charge in [-0.05, 0) is 24.0 Å². The predicted molar refractivity (Wildman–Crippen MR) is 58.0 cm³/mol. The highest BCUT2D eigenvalue weighted by Crippen LogP contribution is 2.48. The molecular formula is C11H11F2N3O. The van der Waals surface area contributed by atoms with E-state index in [-0.39, 0.29) is 11.9 Å². The summed E-state index contributed by atoms with van der Waals surface area (Å²) >= 11 is 0. The van der Waals surface area contributed by atoms with E-state index in [4.69, 9.17) is 11.5 Å². The second kappa shape index (κ2) is 4.12. The number of halogens is 2. The smallest absolute Gasteiger partial charge is 0.252 e. The number of benzene rings is 1. The van der Waals surface area contributed by atoms with E-state index in [2.05, 4.69) is 4.99 Å². The number of amides is 1. The maximum atomic E-state index is 13.4. The highest BCUT2D eigenvalue weighted by molar-refractivity contribution is 5.94. The molecule has 90 valence electrons. The Morgan fingerprint density at radius 2 is 2.06 bits per heavy atom. The van der Waals surface area contributed by atoms with Crippen LogP contribution in [0.15, 0.2) is 23.2 Å². The molecule has 2 rings (SSSR count). The van der Waals surface area contributed by atoms with Crippen molar-refractivity contribution in [1.82, 2.24) is 0 Å². The zero-order valence-electron chi connectivity index (χ0n) is 8.86. The van der Waals surface area contributed by atoms with Crippen molar-refractivity contribution < 1.29 is 13.6 Å². The highest BCUT2D eigenvalue weighted by Gasteiger charge is 2.45. The summed E-state index contributed by atoms with van der Waals surface area (Å²) in [5.74, 6) is -2.71. The fourth-order valence-corrected chi connectivity index (χ4v) is 1.82. The summed E-state index contributed by atoms with van der Waals surface area (Å²) in [5.41, 5.74) is 10.5. The van der Waals surface area contributed by atoms with Crippen molar-refractivity contribution in [2.45, 2.75) is 12.3 Å². The van der Waals surface area contributed by atoms with Gasteiger partial charge < -0.3 is 11.5 Å². The second-order valence-corrected chi connectivity index (χ2v) is 3.99. The van der Waals surface area contributed by atoms with E-state index in [1.54, 1.807) is 0 Å². The molecule has 0 bridgehead atoms. The van der Waals surface area contributed by atoms with Crippen LogP contribution < -0.4 is 11.5 Å². The van der Waals surface area contributed by atoms with Gasteiger partial charge in [-0.15, -0.1) is 0 Å². The van der Waals surface area contributed by atoms with Gasteiger partial charge >= 0.3 is 0 Å². The van der Waals surface area contributed by atoms with Crippen LogP contribution in [0.4, 0.5) is 8.78 Å². The minimum absolute atomic E-state index is 0.258. The number of carbonyl (C=O) groups excluding carboxylic acids is 1. The van der Waals surface area contributed by atoms with E-state index in [1.165, 1.54) is 12.1 Å². The summed E-state index contributed by atoms with van der Waals surface area (Å²) in [6.07, 6.45) is 0.484. The molecule has 2 unspecified atom stereocenters. The molecule has 1 amide bonds. The van der Waals surface area contributed by atoms with Crippen molar-refractivity contribution >= 4 is 11.9 Å². The van der Waals surface area contributed by atoms with Gasteiger partial charge in [0.1, 0.15) is 11.6 Å². The van der Waals surface area contributed by atoms with Gasteiger partial charge in [-0.25, -0.2) is 8.78 Å². The first-order valence-electron chi connectivity index (χ1n) is 5.07. The summed E-state index contributed by atoms with van der Waals surface area (Å²) in [4.78, 5) is 14.8. The molecule has 0 radical (unpaired) electrons. The Labute approximate surface area is 96.3 Å². The Morgan fingerprint density at radius 3 is 2.65 bits per heavy atom. The molecule has 0 spiro atoms. The van der Waals surface area contributed by atoms with Crippen molar-refractivity contribution in [2.24, 2.45) is 22.4 Å². The number of nitrogens with zero attached hydrogens (tertiary/aromatic N) is 1. The van der Waals surface area contributed by atoms with E-state index < -0.39 is 23.5 Å². The summed E-state index contributed by atoms with van der Waals surface area (Å²) in [5, 5.41) is 0. The zero-order chi connectivity index (χ0) is 12.6. The third-order valence-corrected chi connectivity index (χ3v) is 2.71. The van der Waals surface area contributed by atoms with Crippen molar-refractivity contribution in [3.05, 3.63) is 35.4 Å². The Bertz CT molecular complexity index is 497. The molecule has 4 nitrogen and oxygen atoms in total. The van der Waals surface area contributed by atoms with Gasteiger partial charge in [0.05, 0.1) is 0 Å². The van der Waals surface area contributed by atoms with Crippen LogP contribution in [0.5, 0.6) is 0 Å². The first-order chi connectivity index (χ1) is 7.99. The SMILES string of the molecule is NC(N)=NC(=O)C1CC1c1ccc(F)cc1F. The van der Waals surface area contributed by atoms with Gasteiger partial charge in [-0.3, -0.25) is 4.79 Å². The molecule has 1 aromatic carbocycles. The molecule has 1 aliphatic carbocycles. The van der Waals surface area contributed by atoms with Crippen LogP contribution in [0, 0.1) is 17.6 Å². The monoisotopic (exact) mass is 239 g/mol. The van der Waals surface area contributed by atoms with Crippen molar-refractivity contribution in [2.75, 3.05) is 0 Å². The normalized spacial score (nSPS) is 22.0. The molecule has 6 heteroatoms. The van der Waals surface area contributed by atoms with Crippen molar-refractivity contribution in [1.29, 1.82) is 0 Å². The van der Waals surface area contributed by atoms with Crippen LogP contribution >= 0.6 is 0 Å². The number of hydrogen-bond donors (Lipinski definition) is 2. The zero-order valence-corrected chi connectivity index (χ0v) is 8.86. The Hall–Kier alpha value is -1.98. The third kappa shape index (κ3) is 2.41. The third-order valence-electron chi connectivity index (χ3n) is 2.71. The van der Waals surface area contributed by atoms with Crippen LogP contribution in [0.25, 0.3) is 0 Å². The van der Waals surface area contributed by atoms with E-state index in [0.29, 0.717) is 12.0 Å². The number of nitrogens with two attached hydrogens (primary N) is 2. The summed E-state index contributed by atoms with van der Waals surface area (Å²) in [7, 11) is 0. The maximum Gasteiger partial charge on any atom is 0.252 e. The lowest BCUT2D eigenvalue weighted by molar-refractivity contribution is -0.119. The first-order valence-corrected chi connectivity index (χ1v) is 5.07.